The largest absolute Gasteiger partial charge is 0.330 e. The van der Waals surface area contributed by atoms with Crippen LogP contribution in [0, 0.1) is 0 Å². The first kappa shape index (κ1) is 16.9. The maximum absolute atomic E-state index is 13.1. The van der Waals surface area contributed by atoms with Crippen LogP contribution in [0.15, 0.2) is 60.7 Å². The van der Waals surface area contributed by atoms with E-state index in [0.29, 0.717) is 12.8 Å². The summed E-state index contributed by atoms with van der Waals surface area (Å²) < 4.78 is 18.4. The lowest BCUT2D eigenvalue weighted by atomic mass is 10.1. The Morgan fingerprint density at radius 1 is 0.864 bits per heavy atom. The summed E-state index contributed by atoms with van der Waals surface area (Å²) in [4.78, 5) is 0. The lowest BCUT2D eigenvalue weighted by Gasteiger charge is -2.28. The van der Waals surface area contributed by atoms with Crippen LogP contribution in [0.4, 0.5) is 0 Å². The predicted octanol–water partition coefficient (Wildman–Crippen LogP) is 2.97. The summed E-state index contributed by atoms with van der Waals surface area (Å²) in [6.07, 6.45) is 0.961. The van der Waals surface area contributed by atoms with Crippen molar-refractivity contribution in [2.45, 2.75) is 24.4 Å². The molecular formula is C17H23N2O2P. The SMILES string of the molecule is COP(=O)(C(N)Cc1ccccc1)C(N)Cc1ccccc1. The molecule has 0 saturated carbocycles. The summed E-state index contributed by atoms with van der Waals surface area (Å²) in [5, 5.41) is 0. The van der Waals surface area contributed by atoms with Gasteiger partial charge in [-0.15, -0.1) is 0 Å². The van der Waals surface area contributed by atoms with E-state index in [1.54, 1.807) is 0 Å². The molecule has 0 aliphatic carbocycles. The van der Waals surface area contributed by atoms with Crippen molar-refractivity contribution in [3.63, 3.8) is 0 Å². The molecule has 0 aliphatic rings. The minimum atomic E-state index is -3.16. The van der Waals surface area contributed by atoms with E-state index in [2.05, 4.69) is 0 Å². The highest BCUT2D eigenvalue weighted by molar-refractivity contribution is 7.60. The Balaban J connectivity index is 2.11. The summed E-state index contributed by atoms with van der Waals surface area (Å²) in [7, 11) is -1.73. The van der Waals surface area contributed by atoms with E-state index in [1.807, 2.05) is 60.7 Å². The number of hydrogen-bond acceptors (Lipinski definition) is 4. The predicted molar refractivity (Wildman–Crippen MR) is 90.9 cm³/mol. The summed E-state index contributed by atoms with van der Waals surface area (Å²) >= 11 is 0. The molecule has 0 aromatic heterocycles. The van der Waals surface area contributed by atoms with Crippen molar-refractivity contribution in [3.8, 4) is 0 Å². The summed E-state index contributed by atoms with van der Waals surface area (Å²) in [6, 6.07) is 19.5. The number of hydrogen-bond donors (Lipinski definition) is 2. The molecule has 2 atom stereocenters. The van der Waals surface area contributed by atoms with Gasteiger partial charge in [0.05, 0.1) is 11.6 Å². The number of benzene rings is 2. The molecule has 0 fully saturated rings. The fourth-order valence-corrected chi connectivity index (χ4v) is 4.45. The second-order valence-electron chi connectivity index (χ2n) is 5.34. The lowest BCUT2D eigenvalue weighted by Crippen LogP contribution is -2.35. The van der Waals surface area contributed by atoms with Gasteiger partial charge in [0.15, 0.2) is 0 Å². The first-order valence-corrected chi connectivity index (χ1v) is 9.06. The van der Waals surface area contributed by atoms with E-state index >= 15 is 0 Å². The van der Waals surface area contributed by atoms with E-state index in [1.165, 1.54) is 7.11 Å². The van der Waals surface area contributed by atoms with Gasteiger partial charge < -0.3 is 16.0 Å². The normalized spacial score (nSPS) is 16.7. The van der Waals surface area contributed by atoms with Crippen LogP contribution in [-0.2, 0) is 21.9 Å². The molecule has 0 heterocycles. The molecule has 4 N–H and O–H groups in total. The van der Waals surface area contributed by atoms with Crippen LogP contribution in [0.25, 0.3) is 0 Å². The van der Waals surface area contributed by atoms with E-state index in [9.17, 15) is 4.57 Å². The molecule has 0 bridgehead atoms. The highest BCUT2D eigenvalue weighted by Crippen LogP contribution is 2.53. The van der Waals surface area contributed by atoms with Gasteiger partial charge in [-0.05, 0) is 24.0 Å². The molecule has 0 amide bonds. The topological polar surface area (TPSA) is 78.3 Å². The van der Waals surface area contributed by atoms with E-state index in [0.717, 1.165) is 11.1 Å². The fourth-order valence-electron chi connectivity index (χ4n) is 2.48. The highest BCUT2D eigenvalue weighted by Gasteiger charge is 2.37. The molecule has 4 nitrogen and oxygen atoms in total. The quantitative estimate of drug-likeness (QED) is 0.769. The van der Waals surface area contributed by atoms with Gasteiger partial charge in [0, 0.05) is 7.11 Å². The van der Waals surface area contributed by atoms with E-state index in [4.69, 9.17) is 16.0 Å². The first-order chi connectivity index (χ1) is 10.6. The minimum absolute atomic E-state index is 0.481. The van der Waals surface area contributed by atoms with Crippen LogP contribution < -0.4 is 11.5 Å². The van der Waals surface area contributed by atoms with Crippen molar-refractivity contribution in [1.82, 2.24) is 0 Å². The Kier molecular flexibility index (Phi) is 5.92. The maximum atomic E-state index is 13.1. The van der Waals surface area contributed by atoms with Crippen molar-refractivity contribution in [1.29, 1.82) is 0 Å². The molecule has 118 valence electrons. The molecule has 0 spiro atoms. The van der Waals surface area contributed by atoms with Crippen molar-refractivity contribution in [2.75, 3.05) is 7.11 Å². The Labute approximate surface area is 131 Å². The van der Waals surface area contributed by atoms with Gasteiger partial charge in [-0.1, -0.05) is 60.7 Å². The first-order valence-electron chi connectivity index (χ1n) is 7.30. The molecule has 2 rings (SSSR count). The Hall–Kier alpha value is -1.45. The molecule has 0 radical (unpaired) electrons. The average molecular weight is 318 g/mol. The summed E-state index contributed by atoms with van der Waals surface area (Å²) in [6.45, 7) is 0. The minimum Gasteiger partial charge on any atom is -0.330 e. The third kappa shape index (κ3) is 4.05. The smallest absolute Gasteiger partial charge is 0.235 e. The molecule has 0 aliphatic heterocycles. The monoisotopic (exact) mass is 318 g/mol. The third-order valence-electron chi connectivity index (χ3n) is 3.79. The zero-order valence-electron chi connectivity index (χ0n) is 12.8. The van der Waals surface area contributed by atoms with Gasteiger partial charge in [-0.3, -0.25) is 4.57 Å². The van der Waals surface area contributed by atoms with E-state index in [-0.39, 0.29) is 0 Å². The molecule has 22 heavy (non-hydrogen) atoms. The fraction of sp³-hybridized carbons (Fsp3) is 0.294. The van der Waals surface area contributed by atoms with Crippen LogP contribution in [0.5, 0.6) is 0 Å². The molecule has 2 aromatic rings. The van der Waals surface area contributed by atoms with Gasteiger partial charge in [-0.25, -0.2) is 0 Å². The van der Waals surface area contributed by atoms with Crippen molar-refractivity contribution in [2.24, 2.45) is 11.5 Å². The standard InChI is InChI=1S/C17H23N2O2P/c1-21-22(20,16(18)12-14-8-4-2-5-9-14)17(19)13-15-10-6-3-7-11-15/h2-11,16-17H,12-13,18-19H2,1H3. The van der Waals surface area contributed by atoms with Crippen LogP contribution >= 0.6 is 7.37 Å². The summed E-state index contributed by atoms with van der Waals surface area (Å²) in [5.74, 6) is -1.22. The number of rotatable bonds is 7. The average Bonchev–Trinajstić information content (AvgIpc) is 2.55. The van der Waals surface area contributed by atoms with Crippen LogP contribution in [0.3, 0.4) is 0 Å². The van der Waals surface area contributed by atoms with Gasteiger partial charge in [0.2, 0.25) is 7.37 Å². The second kappa shape index (κ2) is 7.70. The molecule has 2 aromatic carbocycles. The van der Waals surface area contributed by atoms with E-state index < -0.39 is 18.9 Å². The maximum Gasteiger partial charge on any atom is 0.235 e. The Morgan fingerprint density at radius 3 is 1.55 bits per heavy atom. The Bertz CT molecular complexity index is 568. The van der Waals surface area contributed by atoms with Crippen molar-refractivity contribution < 1.29 is 9.09 Å². The van der Waals surface area contributed by atoms with Crippen LogP contribution in [0.2, 0.25) is 0 Å². The van der Waals surface area contributed by atoms with Gasteiger partial charge in [0.1, 0.15) is 0 Å². The van der Waals surface area contributed by atoms with Gasteiger partial charge in [-0.2, -0.15) is 0 Å². The lowest BCUT2D eigenvalue weighted by molar-refractivity contribution is 0.370. The van der Waals surface area contributed by atoms with Crippen molar-refractivity contribution >= 4 is 7.37 Å². The Morgan fingerprint density at radius 2 is 1.23 bits per heavy atom. The molecular weight excluding hydrogens is 295 g/mol. The van der Waals surface area contributed by atoms with Crippen LogP contribution in [0.1, 0.15) is 11.1 Å². The van der Waals surface area contributed by atoms with Gasteiger partial charge in [0.25, 0.3) is 0 Å². The number of nitrogens with two attached hydrogens (primary N) is 2. The molecule has 2 unspecified atom stereocenters. The molecule has 0 saturated heterocycles. The van der Waals surface area contributed by atoms with Crippen molar-refractivity contribution in [3.05, 3.63) is 71.8 Å². The zero-order valence-corrected chi connectivity index (χ0v) is 13.7. The third-order valence-corrected chi connectivity index (χ3v) is 6.57. The second-order valence-corrected chi connectivity index (χ2v) is 8.32. The zero-order chi connectivity index (χ0) is 16.0. The molecule has 5 heteroatoms. The van der Waals surface area contributed by atoms with Gasteiger partial charge >= 0.3 is 0 Å². The van der Waals surface area contributed by atoms with Crippen LogP contribution in [-0.4, -0.2) is 18.7 Å². The highest BCUT2D eigenvalue weighted by atomic mass is 31.2. The summed E-state index contributed by atoms with van der Waals surface area (Å²) in [5.41, 5.74) is 14.4.